The number of hydrogen-bond acceptors (Lipinski definition) is 3. The van der Waals surface area contributed by atoms with Crippen LogP contribution in [0.5, 0.6) is 0 Å². The van der Waals surface area contributed by atoms with E-state index in [0.29, 0.717) is 10.6 Å². The van der Waals surface area contributed by atoms with Crippen LogP contribution in [0.3, 0.4) is 0 Å². The van der Waals surface area contributed by atoms with Gasteiger partial charge >= 0.3 is 12.1 Å². The number of aromatic nitrogens is 1. The van der Waals surface area contributed by atoms with Crippen molar-refractivity contribution >= 4 is 17.3 Å². The van der Waals surface area contributed by atoms with Gasteiger partial charge in [-0.2, -0.15) is 13.2 Å². The lowest BCUT2D eigenvalue weighted by Crippen LogP contribution is -2.05. The second-order valence-electron chi connectivity index (χ2n) is 3.81. The zero-order valence-corrected chi connectivity index (χ0v) is 10.3. The third kappa shape index (κ3) is 3.31. The summed E-state index contributed by atoms with van der Waals surface area (Å²) in [6, 6.07) is 4.91. The molecule has 0 radical (unpaired) electrons. The molecule has 100 valence electrons. The Bertz CT molecular complexity index is 607. The predicted octanol–water partition coefficient (Wildman–Crippen LogP) is 3.45. The fourth-order valence-corrected chi connectivity index (χ4v) is 2.32. The molecule has 0 unspecified atom stereocenters. The molecule has 0 spiro atoms. The largest absolute Gasteiger partial charge is 0.476 e. The fraction of sp³-hybridized carbons (Fsp3) is 0.167. The molecule has 2 aromatic rings. The number of thiazole rings is 1. The van der Waals surface area contributed by atoms with Crippen LogP contribution in [0.25, 0.3) is 0 Å². The Balaban J connectivity index is 2.21. The molecule has 1 aromatic carbocycles. The van der Waals surface area contributed by atoms with Crippen molar-refractivity contribution in [1.82, 2.24) is 4.98 Å². The monoisotopic (exact) mass is 287 g/mol. The molecule has 0 aliphatic rings. The molecule has 0 atom stereocenters. The average Bonchev–Trinajstić information content (AvgIpc) is 2.77. The maximum Gasteiger partial charge on any atom is 0.416 e. The van der Waals surface area contributed by atoms with Crippen molar-refractivity contribution in [2.45, 2.75) is 12.6 Å². The summed E-state index contributed by atoms with van der Waals surface area (Å²) in [5.41, 5.74) is -0.367. The molecule has 2 rings (SSSR count). The van der Waals surface area contributed by atoms with Gasteiger partial charge in [0.05, 0.1) is 10.6 Å². The maximum atomic E-state index is 12.5. The number of aromatic carboxylic acids is 1. The highest BCUT2D eigenvalue weighted by molar-refractivity contribution is 7.09. The van der Waals surface area contributed by atoms with Gasteiger partial charge in [0.2, 0.25) is 0 Å². The predicted molar refractivity (Wildman–Crippen MR) is 63.3 cm³/mol. The highest BCUT2D eigenvalue weighted by atomic mass is 32.1. The molecule has 0 bridgehead atoms. The van der Waals surface area contributed by atoms with Crippen LogP contribution in [0.2, 0.25) is 0 Å². The highest BCUT2D eigenvalue weighted by Gasteiger charge is 2.30. The zero-order chi connectivity index (χ0) is 14.0. The minimum atomic E-state index is -4.38. The summed E-state index contributed by atoms with van der Waals surface area (Å²) < 4.78 is 37.6. The van der Waals surface area contributed by atoms with E-state index in [2.05, 4.69) is 4.98 Å². The summed E-state index contributed by atoms with van der Waals surface area (Å²) in [7, 11) is 0. The van der Waals surface area contributed by atoms with Gasteiger partial charge in [-0.15, -0.1) is 11.3 Å². The molecule has 0 aliphatic carbocycles. The number of alkyl halides is 3. The van der Waals surface area contributed by atoms with Crippen molar-refractivity contribution in [1.29, 1.82) is 0 Å². The van der Waals surface area contributed by atoms with Gasteiger partial charge in [0.25, 0.3) is 0 Å². The number of nitrogens with zero attached hydrogens (tertiary/aromatic N) is 1. The molecule has 0 amide bonds. The van der Waals surface area contributed by atoms with Gasteiger partial charge in [0, 0.05) is 11.8 Å². The topological polar surface area (TPSA) is 50.2 Å². The highest BCUT2D eigenvalue weighted by Crippen LogP contribution is 2.30. The van der Waals surface area contributed by atoms with Crippen molar-refractivity contribution in [3.8, 4) is 0 Å². The van der Waals surface area contributed by atoms with E-state index in [9.17, 15) is 18.0 Å². The summed E-state index contributed by atoms with van der Waals surface area (Å²) in [6.45, 7) is 0. The smallest absolute Gasteiger partial charge is 0.416 e. The normalized spacial score (nSPS) is 11.5. The van der Waals surface area contributed by atoms with E-state index in [1.54, 1.807) is 6.07 Å². The second-order valence-corrected chi connectivity index (χ2v) is 4.75. The van der Waals surface area contributed by atoms with Crippen LogP contribution in [0.1, 0.15) is 26.6 Å². The molecule has 3 nitrogen and oxygen atoms in total. The Labute approximate surface area is 110 Å². The van der Waals surface area contributed by atoms with Crippen molar-refractivity contribution in [3.63, 3.8) is 0 Å². The van der Waals surface area contributed by atoms with Gasteiger partial charge in [-0.1, -0.05) is 18.2 Å². The van der Waals surface area contributed by atoms with Gasteiger partial charge < -0.3 is 5.11 Å². The minimum absolute atomic E-state index is 0.0908. The quantitative estimate of drug-likeness (QED) is 0.940. The fourth-order valence-electron chi connectivity index (χ4n) is 1.52. The van der Waals surface area contributed by atoms with Crippen molar-refractivity contribution in [2.24, 2.45) is 0 Å². The third-order valence-corrected chi connectivity index (χ3v) is 3.23. The summed E-state index contributed by atoms with van der Waals surface area (Å²) in [6.07, 6.45) is -4.20. The Morgan fingerprint density at radius 3 is 2.68 bits per heavy atom. The second kappa shape index (κ2) is 5.00. The first kappa shape index (κ1) is 13.5. The van der Waals surface area contributed by atoms with Gasteiger partial charge in [-0.3, -0.25) is 0 Å². The van der Waals surface area contributed by atoms with Crippen LogP contribution in [0, 0.1) is 0 Å². The maximum absolute atomic E-state index is 12.5. The van der Waals surface area contributed by atoms with Crippen LogP contribution in [-0.4, -0.2) is 16.1 Å². The molecule has 1 aromatic heterocycles. The number of benzene rings is 1. The number of carbonyl (C=O) groups is 1. The van der Waals surface area contributed by atoms with Crippen LogP contribution < -0.4 is 0 Å². The van der Waals surface area contributed by atoms with E-state index < -0.39 is 17.7 Å². The van der Waals surface area contributed by atoms with Gasteiger partial charge in [0.1, 0.15) is 0 Å². The summed E-state index contributed by atoms with van der Waals surface area (Å²) in [5, 5.41) is 10.5. The Morgan fingerprint density at radius 1 is 1.37 bits per heavy atom. The van der Waals surface area contributed by atoms with Gasteiger partial charge in [-0.05, 0) is 11.6 Å². The summed E-state index contributed by atoms with van der Waals surface area (Å²) in [5.74, 6) is -1.15. The number of carboxylic acid groups (broad SMARTS) is 1. The van der Waals surface area contributed by atoms with E-state index in [4.69, 9.17) is 5.11 Å². The third-order valence-electron chi connectivity index (χ3n) is 2.38. The van der Waals surface area contributed by atoms with E-state index in [1.807, 2.05) is 0 Å². The molecule has 0 aliphatic heterocycles. The molecule has 0 saturated carbocycles. The Kier molecular flexibility index (Phi) is 3.57. The summed E-state index contributed by atoms with van der Waals surface area (Å²) in [4.78, 5) is 14.5. The van der Waals surface area contributed by atoms with Crippen molar-refractivity contribution in [2.75, 3.05) is 0 Å². The molecular formula is C12H8F3NO2S. The van der Waals surface area contributed by atoms with E-state index in [1.165, 1.54) is 11.4 Å². The number of halogens is 3. The molecule has 0 saturated heterocycles. The molecule has 1 N–H and O–H groups in total. The molecule has 1 heterocycles. The van der Waals surface area contributed by atoms with E-state index in [-0.39, 0.29) is 12.1 Å². The summed E-state index contributed by atoms with van der Waals surface area (Å²) >= 11 is 1.11. The Morgan fingerprint density at radius 2 is 2.11 bits per heavy atom. The Hall–Kier alpha value is -1.89. The number of carboxylic acids is 1. The molecule has 7 heteroatoms. The van der Waals surface area contributed by atoms with E-state index >= 15 is 0 Å². The van der Waals surface area contributed by atoms with Gasteiger partial charge in [-0.25, -0.2) is 9.78 Å². The van der Waals surface area contributed by atoms with Crippen LogP contribution >= 0.6 is 11.3 Å². The lowest BCUT2D eigenvalue weighted by molar-refractivity contribution is -0.137. The zero-order valence-electron chi connectivity index (χ0n) is 9.44. The number of rotatable bonds is 3. The minimum Gasteiger partial charge on any atom is -0.476 e. The first-order valence-corrected chi connectivity index (χ1v) is 6.08. The average molecular weight is 287 g/mol. The van der Waals surface area contributed by atoms with Crippen LogP contribution in [0.15, 0.2) is 29.6 Å². The SMILES string of the molecule is O=C(O)c1csc(Cc2cccc(C(F)(F)F)c2)n1. The van der Waals surface area contributed by atoms with Crippen LogP contribution in [-0.2, 0) is 12.6 Å². The van der Waals surface area contributed by atoms with Crippen LogP contribution in [0.4, 0.5) is 13.2 Å². The molecule has 0 fully saturated rings. The van der Waals surface area contributed by atoms with Crippen molar-refractivity contribution < 1.29 is 23.1 Å². The van der Waals surface area contributed by atoms with Gasteiger partial charge in [0.15, 0.2) is 5.69 Å². The van der Waals surface area contributed by atoms with E-state index in [0.717, 1.165) is 23.5 Å². The van der Waals surface area contributed by atoms with Crippen molar-refractivity contribution in [3.05, 3.63) is 51.5 Å². The lowest BCUT2D eigenvalue weighted by Gasteiger charge is -2.07. The standard InChI is InChI=1S/C12H8F3NO2S/c13-12(14,15)8-3-1-2-7(4-8)5-10-16-9(6-19-10)11(17)18/h1-4,6H,5H2,(H,17,18). The first-order valence-electron chi connectivity index (χ1n) is 5.20. The molecule has 19 heavy (non-hydrogen) atoms. The first-order chi connectivity index (χ1) is 8.86. The lowest BCUT2D eigenvalue weighted by atomic mass is 10.1. The number of hydrogen-bond donors (Lipinski definition) is 1. The molecular weight excluding hydrogens is 279 g/mol.